The molecule has 24 heavy (non-hydrogen) atoms. The van der Waals surface area contributed by atoms with E-state index < -0.39 is 0 Å². The molecule has 0 aliphatic rings. The minimum Gasteiger partial charge on any atom is -0.504 e. The Kier molecular flexibility index (Phi) is 3.27. The number of rotatable bonds is 4. The number of hydrogen-bond acceptors (Lipinski definition) is 7. The van der Waals surface area contributed by atoms with Crippen LogP contribution in [0.2, 0.25) is 0 Å². The first-order valence-electron chi connectivity index (χ1n) is 7.14. The zero-order valence-electron chi connectivity index (χ0n) is 12.6. The third-order valence-electron chi connectivity index (χ3n) is 3.55. The average Bonchev–Trinajstić information content (AvgIpc) is 3.24. The van der Waals surface area contributed by atoms with Crippen LogP contribution in [0.25, 0.3) is 22.4 Å². The fourth-order valence-corrected chi connectivity index (χ4v) is 2.34. The number of phenols is 1. The van der Waals surface area contributed by atoms with Gasteiger partial charge in [0, 0.05) is 11.3 Å². The van der Waals surface area contributed by atoms with Gasteiger partial charge in [0.15, 0.2) is 17.3 Å². The van der Waals surface area contributed by atoms with E-state index in [4.69, 9.17) is 9.15 Å². The minimum atomic E-state index is 0.0695. The molecule has 0 atom stereocenters. The third-order valence-corrected chi connectivity index (χ3v) is 3.55. The van der Waals surface area contributed by atoms with Gasteiger partial charge in [-0.1, -0.05) is 5.21 Å². The van der Waals surface area contributed by atoms with E-state index in [0.29, 0.717) is 17.5 Å². The Bertz CT molecular complexity index is 1010. The molecule has 0 bridgehead atoms. The van der Waals surface area contributed by atoms with Gasteiger partial charge in [0.25, 0.3) is 6.01 Å². The van der Waals surface area contributed by atoms with Crippen molar-refractivity contribution in [1.29, 1.82) is 0 Å². The predicted molar refractivity (Wildman–Crippen MR) is 87.3 cm³/mol. The molecule has 8 nitrogen and oxygen atoms in total. The highest BCUT2D eigenvalue weighted by Crippen LogP contribution is 2.32. The van der Waals surface area contributed by atoms with Crippen molar-refractivity contribution in [1.82, 2.24) is 20.4 Å². The number of H-pyrrole nitrogens is 1. The largest absolute Gasteiger partial charge is 0.504 e. The molecule has 0 fully saturated rings. The molecule has 2 aromatic heterocycles. The number of oxazole rings is 1. The fraction of sp³-hybridized carbons (Fsp3) is 0.0625. The maximum atomic E-state index is 9.65. The average molecular weight is 323 g/mol. The highest BCUT2D eigenvalue weighted by atomic mass is 16.5. The summed E-state index contributed by atoms with van der Waals surface area (Å²) in [7, 11) is 1.49. The molecule has 0 radical (unpaired) electrons. The second kappa shape index (κ2) is 5.58. The highest BCUT2D eigenvalue weighted by Gasteiger charge is 2.10. The summed E-state index contributed by atoms with van der Waals surface area (Å²) in [5, 5.41) is 23.2. The molecule has 3 N–H and O–H groups in total. The number of fused-ring (bicyclic) bond motifs is 1. The molecule has 0 spiro atoms. The molecule has 0 aliphatic heterocycles. The monoisotopic (exact) mass is 323 g/mol. The first-order valence-corrected chi connectivity index (χ1v) is 7.14. The summed E-state index contributed by atoms with van der Waals surface area (Å²) in [6.45, 7) is 0. The molecule has 0 amide bonds. The number of benzene rings is 2. The summed E-state index contributed by atoms with van der Waals surface area (Å²) < 4.78 is 10.8. The Hall–Kier alpha value is -3.55. The topological polar surface area (TPSA) is 109 Å². The van der Waals surface area contributed by atoms with Gasteiger partial charge in [0.1, 0.15) is 5.52 Å². The van der Waals surface area contributed by atoms with Gasteiger partial charge < -0.3 is 19.6 Å². The number of nitrogens with one attached hydrogen (secondary N) is 2. The number of ether oxygens (including phenoxy) is 1. The quantitative estimate of drug-likeness (QED) is 0.529. The molecule has 0 saturated carbocycles. The number of phenolic OH excluding ortho intramolecular Hbond substituents is 1. The molecule has 2 heterocycles. The van der Waals surface area contributed by atoms with E-state index in [9.17, 15) is 5.11 Å². The minimum absolute atomic E-state index is 0.0695. The molecule has 0 unspecified atom stereocenters. The van der Waals surface area contributed by atoms with Gasteiger partial charge in [0.05, 0.1) is 18.8 Å². The van der Waals surface area contributed by atoms with Gasteiger partial charge in [-0.2, -0.15) is 0 Å². The zero-order valence-corrected chi connectivity index (χ0v) is 12.6. The molecule has 0 saturated heterocycles. The summed E-state index contributed by atoms with van der Waals surface area (Å²) >= 11 is 0. The van der Waals surface area contributed by atoms with Crippen LogP contribution in [0.1, 0.15) is 0 Å². The summed E-state index contributed by atoms with van der Waals surface area (Å²) in [6.07, 6.45) is 1.60. The Morgan fingerprint density at radius 2 is 2.12 bits per heavy atom. The van der Waals surface area contributed by atoms with Crippen LogP contribution in [0, 0.1) is 0 Å². The third kappa shape index (κ3) is 2.50. The lowest BCUT2D eigenvalue weighted by Crippen LogP contribution is -1.89. The molecular weight excluding hydrogens is 310 g/mol. The Morgan fingerprint density at radius 1 is 1.21 bits per heavy atom. The van der Waals surface area contributed by atoms with Crippen molar-refractivity contribution in [3.8, 4) is 22.8 Å². The number of anilines is 2. The lowest BCUT2D eigenvalue weighted by Gasteiger charge is -2.04. The standard InChI is InChI=1S/C16H13N5O3/c1-23-14-6-9(2-5-13(14)22)15-8-17-16(24-15)18-10-3-4-11-12(7-10)20-21-19-11/h2-8,22H,1H3,(H,17,18)(H,19,20,21). The van der Waals surface area contributed by atoms with E-state index in [1.807, 2.05) is 18.2 Å². The summed E-state index contributed by atoms with van der Waals surface area (Å²) in [4.78, 5) is 4.21. The Balaban J connectivity index is 1.60. The van der Waals surface area contributed by atoms with E-state index in [2.05, 4.69) is 25.7 Å². The number of aromatic hydroxyl groups is 1. The number of hydrogen-bond donors (Lipinski definition) is 3. The number of aromatic amines is 1. The maximum absolute atomic E-state index is 9.65. The van der Waals surface area contributed by atoms with Crippen LogP contribution in [0.5, 0.6) is 11.5 Å². The van der Waals surface area contributed by atoms with Crippen molar-refractivity contribution in [2.24, 2.45) is 0 Å². The number of nitrogens with zero attached hydrogens (tertiary/aromatic N) is 3. The molecule has 8 heteroatoms. The van der Waals surface area contributed by atoms with Crippen molar-refractivity contribution in [3.05, 3.63) is 42.6 Å². The Labute approximate surface area is 136 Å². The van der Waals surface area contributed by atoms with Crippen molar-refractivity contribution < 1.29 is 14.3 Å². The van der Waals surface area contributed by atoms with E-state index in [1.54, 1.807) is 24.4 Å². The fourth-order valence-electron chi connectivity index (χ4n) is 2.34. The molecule has 0 aliphatic carbocycles. The molecular formula is C16H13N5O3. The lowest BCUT2D eigenvalue weighted by molar-refractivity contribution is 0.373. The second-order valence-electron chi connectivity index (χ2n) is 5.09. The van der Waals surface area contributed by atoms with Gasteiger partial charge in [-0.25, -0.2) is 4.98 Å². The van der Waals surface area contributed by atoms with E-state index >= 15 is 0 Å². The number of aromatic nitrogens is 4. The van der Waals surface area contributed by atoms with E-state index in [-0.39, 0.29) is 5.75 Å². The van der Waals surface area contributed by atoms with E-state index in [1.165, 1.54) is 7.11 Å². The van der Waals surface area contributed by atoms with Crippen LogP contribution in [-0.2, 0) is 0 Å². The SMILES string of the molecule is COc1cc(-c2cnc(Nc3ccc4[nH]nnc4c3)o2)ccc1O. The van der Waals surface area contributed by atoms with Crippen LogP contribution in [0.4, 0.5) is 11.7 Å². The maximum Gasteiger partial charge on any atom is 0.299 e. The first kappa shape index (κ1) is 14.1. The Morgan fingerprint density at radius 3 is 3.00 bits per heavy atom. The highest BCUT2D eigenvalue weighted by molar-refractivity contribution is 5.78. The van der Waals surface area contributed by atoms with Crippen molar-refractivity contribution in [2.75, 3.05) is 12.4 Å². The second-order valence-corrected chi connectivity index (χ2v) is 5.09. The van der Waals surface area contributed by atoms with E-state index in [0.717, 1.165) is 22.3 Å². The lowest BCUT2D eigenvalue weighted by atomic mass is 10.1. The van der Waals surface area contributed by atoms with Crippen LogP contribution in [-0.4, -0.2) is 32.6 Å². The predicted octanol–water partition coefficient (Wildman–Crippen LogP) is 3.07. The van der Waals surface area contributed by atoms with Crippen molar-refractivity contribution in [3.63, 3.8) is 0 Å². The number of methoxy groups -OCH3 is 1. The van der Waals surface area contributed by atoms with Crippen LogP contribution >= 0.6 is 0 Å². The van der Waals surface area contributed by atoms with Crippen LogP contribution < -0.4 is 10.1 Å². The van der Waals surface area contributed by atoms with Gasteiger partial charge in [0.2, 0.25) is 0 Å². The van der Waals surface area contributed by atoms with Crippen molar-refractivity contribution >= 4 is 22.7 Å². The molecule has 4 aromatic rings. The summed E-state index contributed by atoms with van der Waals surface area (Å²) in [6, 6.07) is 10.9. The van der Waals surface area contributed by atoms with Crippen LogP contribution in [0.3, 0.4) is 0 Å². The van der Waals surface area contributed by atoms with Gasteiger partial charge in [-0.3, -0.25) is 5.10 Å². The normalized spacial score (nSPS) is 10.9. The molecule has 4 rings (SSSR count). The van der Waals surface area contributed by atoms with Crippen molar-refractivity contribution in [2.45, 2.75) is 0 Å². The summed E-state index contributed by atoms with van der Waals surface area (Å²) in [5.74, 6) is 0.994. The first-order chi connectivity index (χ1) is 11.7. The van der Waals surface area contributed by atoms with Crippen LogP contribution in [0.15, 0.2) is 47.0 Å². The molecule has 2 aromatic carbocycles. The molecule has 120 valence electrons. The van der Waals surface area contributed by atoms with Gasteiger partial charge >= 0.3 is 0 Å². The zero-order chi connectivity index (χ0) is 16.5. The van der Waals surface area contributed by atoms with Gasteiger partial charge in [-0.15, -0.1) is 5.10 Å². The smallest absolute Gasteiger partial charge is 0.299 e. The summed E-state index contributed by atoms with van der Waals surface area (Å²) in [5.41, 5.74) is 3.13. The van der Waals surface area contributed by atoms with Gasteiger partial charge in [-0.05, 0) is 36.4 Å².